The molecule has 0 aliphatic heterocycles. The lowest BCUT2D eigenvalue weighted by Crippen LogP contribution is -2.14. The lowest BCUT2D eigenvalue weighted by atomic mass is 10.0. The summed E-state index contributed by atoms with van der Waals surface area (Å²) < 4.78 is 10.5. The van der Waals surface area contributed by atoms with Gasteiger partial charge in [0.25, 0.3) is 0 Å². The summed E-state index contributed by atoms with van der Waals surface area (Å²) in [5.74, 6) is 1.20. The van der Waals surface area contributed by atoms with Crippen LogP contribution >= 0.6 is 11.6 Å². The molecule has 108 valence electrons. The first-order valence-corrected chi connectivity index (χ1v) is 6.80. The molecule has 0 fully saturated rings. The summed E-state index contributed by atoms with van der Waals surface area (Å²) >= 11 is 5.92. The van der Waals surface area contributed by atoms with E-state index in [1.54, 1.807) is 25.3 Å². The molecule has 6 heteroatoms. The number of aromatic nitrogens is 2. The fourth-order valence-electron chi connectivity index (χ4n) is 1.90. The maximum absolute atomic E-state index is 9.83. The number of methoxy groups -OCH3 is 1. The first-order chi connectivity index (χ1) is 9.56. The fraction of sp³-hybridized carbons (Fsp3) is 0.429. The van der Waals surface area contributed by atoms with E-state index in [1.807, 2.05) is 13.8 Å². The van der Waals surface area contributed by atoms with Crippen LogP contribution in [0.2, 0.25) is 5.02 Å². The van der Waals surface area contributed by atoms with Gasteiger partial charge in [0.2, 0.25) is 11.7 Å². The van der Waals surface area contributed by atoms with Gasteiger partial charge in [-0.3, -0.25) is 0 Å². The van der Waals surface area contributed by atoms with Crippen molar-refractivity contribution in [1.82, 2.24) is 10.1 Å². The predicted octanol–water partition coefficient (Wildman–Crippen LogP) is 3.27. The molecular formula is C14H17ClN2O3. The van der Waals surface area contributed by atoms with Gasteiger partial charge in [-0.15, -0.1) is 0 Å². The van der Waals surface area contributed by atoms with Gasteiger partial charge in [-0.25, -0.2) is 0 Å². The largest absolute Gasteiger partial charge is 0.496 e. The summed E-state index contributed by atoms with van der Waals surface area (Å²) in [5, 5.41) is 14.3. The van der Waals surface area contributed by atoms with E-state index in [2.05, 4.69) is 10.1 Å². The zero-order valence-electron chi connectivity index (χ0n) is 11.6. The van der Waals surface area contributed by atoms with E-state index in [9.17, 15) is 5.11 Å². The second-order valence-corrected chi connectivity index (χ2v) is 5.00. The van der Waals surface area contributed by atoms with Crippen molar-refractivity contribution >= 4 is 11.6 Å². The Morgan fingerprint density at radius 3 is 2.85 bits per heavy atom. The molecule has 0 radical (unpaired) electrons. The molecule has 0 aliphatic rings. The Bertz CT molecular complexity index is 586. The number of benzene rings is 1. The Hall–Kier alpha value is -1.59. The van der Waals surface area contributed by atoms with E-state index in [4.69, 9.17) is 20.9 Å². The molecule has 0 spiro atoms. The molecule has 0 saturated heterocycles. The zero-order valence-corrected chi connectivity index (χ0v) is 12.4. The van der Waals surface area contributed by atoms with E-state index in [0.717, 1.165) is 0 Å². The first-order valence-electron chi connectivity index (χ1n) is 6.42. The minimum atomic E-state index is -0.504. The van der Waals surface area contributed by atoms with E-state index in [-0.39, 0.29) is 5.92 Å². The molecule has 5 nitrogen and oxygen atoms in total. The minimum absolute atomic E-state index is 0.209. The Labute approximate surface area is 122 Å². The Kier molecular flexibility index (Phi) is 4.62. The topological polar surface area (TPSA) is 68.4 Å². The highest BCUT2D eigenvalue weighted by Crippen LogP contribution is 2.31. The van der Waals surface area contributed by atoms with Crippen LogP contribution in [-0.2, 0) is 0 Å². The maximum atomic E-state index is 9.83. The highest BCUT2D eigenvalue weighted by atomic mass is 35.5. The number of nitrogens with zero attached hydrogens (tertiary/aromatic N) is 2. The number of ether oxygens (including phenoxy) is 1. The molecular weight excluding hydrogens is 280 g/mol. The molecule has 1 heterocycles. The van der Waals surface area contributed by atoms with E-state index in [1.165, 1.54) is 0 Å². The summed E-state index contributed by atoms with van der Waals surface area (Å²) in [7, 11) is 1.56. The summed E-state index contributed by atoms with van der Waals surface area (Å²) in [6.07, 6.45) is 0.124. The first kappa shape index (κ1) is 14.8. The molecule has 1 aromatic heterocycles. The van der Waals surface area contributed by atoms with Crippen LogP contribution in [0.15, 0.2) is 22.7 Å². The Balaban J connectivity index is 2.33. The number of halogens is 1. The number of hydrogen-bond acceptors (Lipinski definition) is 5. The molecule has 0 bridgehead atoms. The van der Waals surface area contributed by atoms with Gasteiger partial charge >= 0.3 is 0 Å². The molecule has 2 atom stereocenters. The van der Waals surface area contributed by atoms with E-state index < -0.39 is 6.10 Å². The third-order valence-electron chi connectivity index (χ3n) is 3.23. The van der Waals surface area contributed by atoms with Gasteiger partial charge in [-0.05, 0) is 24.6 Å². The van der Waals surface area contributed by atoms with Crippen LogP contribution in [0.3, 0.4) is 0 Å². The molecule has 20 heavy (non-hydrogen) atoms. The second kappa shape index (κ2) is 6.24. The highest BCUT2D eigenvalue weighted by molar-refractivity contribution is 6.30. The molecule has 0 amide bonds. The van der Waals surface area contributed by atoms with E-state index >= 15 is 0 Å². The molecule has 0 saturated carbocycles. The number of aliphatic hydroxyl groups is 1. The maximum Gasteiger partial charge on any atom is 0.232 e. The highest BCUT2D eigenvalue weighted by Gasteiger charge is 2.22. The summed E-state index contributed by atoms with van der Waals surface area (Å²) in [5.41, 5.74) is 0.699. The summed E-state index contributed by atoms with van der Waals surface area (Å²) in [6, 6.07) is 5.20. The van der Waals surface area contributed by atoms with Crippen LogP contribution in [0, 0.1) is 0 Å². The average Bonchev–Trinajstić information content (AvgIpc) is 2.94. The molecule has 0 aliphatic carbocycles. The quantitative estimate of drug-likeness (QED) is 0.917. The van der Waals surface area contributed by atoms with Crippen molar-refractivity contribution in [2.24, 2.45) is 0 Å². The third-order valence-corrected chi connectivity index (χ3v) is 3.47. The molecule has 1 aromatic carbocycles. The van der Waals surface area contributed by atoms with Crippen molar-refractivity contribution in [3.05, 3.63) is 29.1 Å². The van der Waals surface area contributed by atoms with Crippen molar-refractivity contribution in [3.63, 3.8) is 0 Å². The predicted molar refractivity (Wildman–Crippen MR) is 76.0 cm³/mol. The van der Waals surface area contributed by atoms with Crippen LogP contribution in [-0.4, -0.2) is 28.5 Å². The van der Waals surface area contributed by atoms with Crippen molar-refractivity contribution in [2.45, 2.75) is 32.3 Å². The average molecular weight is 297 g/mol. The van der Waals surface area contributed by atoms with Crippen molar-refractivity contribution in [2.75, 3.05) is 7.11 Å². The smallest absolute Gasteiger partial charge is 0.232 e. The number of rotatable bonds is 5. The van der Waals surface area contributed by atoms with Gasteiger partial charge in [0.1, 0.15) is 5.75 Å². The van der Waals surface area contributed by atoms with Gasteiger partial charge in [0.15, 0.2) is 0 Å². The van der Waals surface area contributed by atoms with Crippen LogP contribution in [0.25, 0.3) is 11.4 Å². The van der Waals surface area contributed by atoms with E-state index in [0.29, 0.717) is 34.5 Å². The van der Waals surface area contributed by atoms with Crippen LogP contribution in [0.5, 0.6) is 5.75 Å². The number of hydrogen-bond donors (Lipinski definition) is 1. The Morgan fingerprint density at radius 1 is 1.45 bits per heavy atom. The molecule has 2 aromatic rings. The van der Waals surface area contributed by atoms with Crippen molar-refractivity contribution in [1.29, 1.82) is 0 Å². The Morgan fingerprint density at radius 2 is 2.20 bits per heavy atom. The standard InChI is InChI=1S/C14H17ClN2O3/c1-4-11(18)8(2)14-16-13(17-20-14)10-6-5-9(15)7-12(10)19-3/h5-8,11,18H,4H2,1-3H3. The lowest BCUT2D eigenvalue weighted by Gasteiger charge is -2.11. The summed E-state index contributed by atoms with van der Waals surface area (Å²) in [6.45, 7) is 3.76. The monoisotopic (exact) mass is 296 g/mol. The van der Waals surface area contributed by atoms with Crippen LogP contribution in [0.4, 0.5) is 0 Å². The third kappa shape index (κ3) is 2.94. The molecule has 2 unspecified atom stereocenters. The summed E-state index contributed by atoms with van der Waals surface area (Å²) in [4.78, 5) is 4.33. The van der Waals surface area contributed by atoms with Gasteiger partial charge in [-0.1, -0.05) is 30.6 Å². The van der Waals surface area contributed by atoms with Gasteiger partial charge in [-0.2, -0.15) is 4.98 Å². The van der Waals surface area contributed by atoms with Crippen LogP contribution in [0.1, 0.15) is 32.1 Å². The molecule has 1 N–H and O–H groups in total. The van der Waals surface area contributed by atoms with Crippen molar-refractivity contribution < 1.29 is 14.4 Å². The minimum Gasteiger partial charge on any atom is -0.496 e. The zero-order chi connectivity index (χ0) is 14.7. The fourth-order valence-corrected chi connectivity index (χ4v) is 2.06. The SMILES string of the molecule is CCC(O)C(C)c1nc(-c2ccc(Cl)cc2OC)no1. The van der Waals surface area contributed by atoms with Gasteiger partial charge < -0.3 is 14.4 Å². The number of aliphatic hydroxyl groups excluding tert-OH is 1. The molecule has 2 rings (SSSR count). The second-order valence-electron chi connectivity index (χ2n) is 4.57. The van der Waals surface area contributed by atoms with Crippen molar-refractivity contribution in [3.8, 4) is 17.1 Å². The van der Waals surface area contributed by atoms with Gasteiger partial charge in [0.05, 0.1) is 24.7 Å². The lowest BCUT2D eigenvalue weighted by molar-refractivity contribution is 0.129. The van der Waals surface area contributed by atoms with Crippen LogP contribution < -0.4 is 4.74 Å². The van der Waals surface area contributed by atoms with Gasteiger partial charge in [0, 0.05) is 5.02 Å². The normalized spacial score (nSPS) is 14.1.